The van der Waals surface area contributed by atoms with Crippen molar-refractivity contribution in [1.82, 2.24) is 19.5 Å². The van der Waals surface area contributed by atoms with E-state index in [9.17, 15) is 9.59 Å². The van der Waals surface area contributed by atoms with Gasteiger partial charge in [0.15, 0.2) is 0 Å². The Balaban J connectivity index is 2.64. The molecule has 0 spiro atoms. The number of carbonyl (C=O) groups is 1. The zero-order valence-electron chi connectivity index (χ0n) is 12.7. The lowest BCUT2D eigenvalue weighted by Gasteiger charge is -2.11. The Morgan fingerprint density at radius 1 is 1.48 bits per heavy atom. The van der Waals surface area contributed by atoms with Crippen LogP contribution in [0.4, 0.5) is 0 Å². The maximum absolute atomic E-state index is 12.4. The molecule has 0 saturated heterocycles. The van der Waals surface area contributed by atoms with Gasteiger partial charge in [-0.25, -0.2) is 4.68 Å². The van der Waals surface area contributed by atoms with Gasteiger partial charge in [0, 0.05) is 18.7 Å². The molecule has 2 aromatic rings. The van der Waals surface area contributed by atoms with Crippen LogP contribution in [-0.4, -0.2) is 34.3 Å². The Morgan fingerprint density at radius 2 is 2.19 bits per heavy atom. The van der Waals surface area contributed by atoms with E-state index >= 15 is 0 Å². The van der Waals surface area contributed by atoms with Gasteiger partial charge in [-0.05, 0) is 18.7 Å². The lowest BCUT2D eigenvalue weighted by Crippen LogP contribution is -2.30. The van der Waals surface area contributed by atoms with Crippen LogP contribution in [0.15, 0.2) is 17.1 Å². The molecule has 0 aliphatic rings. The van der Waals surface area contributed by atoms with Crippen molar-refractivity contribution in [2.45, 2.75) is 32.9 Å². The van der Waals surface area contributed by atoms with Gasteiger partial charge in [-0.1, -0.05) is 13.8 Å². The van der Waals surface area contributed by atoms with Crippen LogP contribution in [-0.2, 0) is 22.6 Å². The van der Waals surface area contributed by atoms with Gasteiger partial charge >= 0.3 is 5.97 Å². The summed E-state index contributed by atoms with van der Waals surface area (Å²) in [7, 11) is 3.14. The monoisotopic (exact) mass is 292 g/mol. The van der Waals surface area contributed by atoms with Crippen LogP contribution in [0.5, 0.6) is 0 Å². The number of ether oxygens (including phenoxy) is 1. The van der Waals surface area contributed by atoms with Crippen molar-refractivity contribution in [3.8, 4) is 0 Å². The first-order valence-electron chi connectivity index (χ1n) is 6.81. The summed E-state index contributed by atoms with van der Waals surface area (Å²) < 4.78 is 7.58. The Labute approximate surface area is 122 Å². The van der Waals surface area contributed by atoms with Gasteiger partial charge in [-0.15, -0.1) is 0 Å². The average molecular weight is 292 g/mol. The van der Waals surface area contributed by atoms with Crippen molar-refractivity contribution < 1.29 is 9.53 Å². The van der Waals surface area contributed by atoms with Crippen LogP contribution < -0.4 is 10.9 Å². The van der Waals surface area contributed by atoms with Crippen LogP contribution in [0.1, 0.15) is 31.2 Å². The summed E-state index contributed by atoms with van der Waals surface area (Å²) in [4.78, 5) is 23.8. The molecule has 7 nitrogen and oxygen atoms in total. The fourth-order valence-corrected chi connectivity index (χ4v) is 2.21. The molecule has 7 heteroatoms. The molecule has 21 heavy (non-hydrogen) atoms. The van der Waals surface area contributed by atoms with E-state index in [0.717, 1.165) is 11.4 Å². The van der Waals surface area contributed by atoms with Crippen molar-refractivity contribution in [3.63, 3.8) is 0 Å². The third kappa shape index (κ3) is 2.97. The quantitative estimate of drug-likeness (QED) is 0.813. The van der Waals surface area contributed by atoms with Crippen molar-refractivity contribution in [2.75, 3.05) is 14.2 Å². The van der Waals surface area contributed by atoms with Crippen LogP contribution >= 0.6 is 0 Å². The summed E-state index contributed by atoms with van der Waals surface area (Å²) in [5, 5.41) is 7.36. The zero-order chi connectivity index (χ0) is 15.6. The number of hydrogen-bond acceptors (Lipinski definition) is 5. The summed E-state index contributed by atoms with van der Waals surface area (Å²) in [5.41, 5.74) is 1.21. The molecule has 0 aromatic carbocycles. The first-order chi connectivity index (χ1) is 9.97. The SMILES string of the molecule is CNCc1cc2c(=O)n(CC(=O)OC)nc(C(C)C)n2c1. The Kier molecular flexibility index (Phi) is 4.42. The Bertz CT molecular complexity index is 715. The normalized spacial score (nSPS) is 11.3. The fraction of sp³-hybridized carbons (Fsp3) is 0.500. The number of hydrogen-bond donors (Lipinski definition) is 1. The number of methoxy groups -OCH3 is 1. The van der Waals surface area contributed by atoms with E-state index in [2.05, 4.69) is 15.2 Å². The molecule has 0 radical (unpaired) electrons. The molecular formula is C14H20N4O3. The smallest absolute Gasteiger partial charge is 0.327 e. The molecule has 0 bridgehead atoms. The number of nitrogens with zero attached hydrogens (tertiary/aromatic N) is 3. The van der Waals surface area contributed by atoms with Crippen LogP contribution in [0, 0.1) is 0 Å². The van der Waals surface area contributed by atoms with Gasteiger partial charge in [-0.2, -0.15) is 5.10 Å². The topological polar surface area (TPSA) is 77.6 Å². The highest BCUT2D eigenvalue weighted by molar-refractivity contribution is 5.69. The largest absolute Gasteiger partial charge is 0.468 e. The third-order valence-electron chi connectivity index (χ3n) is 3.20. The number of carbonyl (C=O) groups excluding carboxylic acids is 1. The summed E-state index contributed by atoms with van der Waals surface area (Å²) in [6.07, 6.45) is 1.90. The number of esters is 1. The first-order valence-corrected chi connectivity index (χ1v) is 6.81. The van der Waals surface area contributed by atoms with E-state index in [0.29, 0.717) is 12.1 Å². The predicted octanol–water partition coefficient (Wildman–Crippen LogP) is 0.512. The molecule has 2 heterocycles. The minimum atomic E-state index is -0.495. The van der Waals surface area contributed by atoms with Crippen molar-refractivity contribution in [1.29, 1.82) is 0 Å². The fourth-order valence-electron chi connectivity index (χ4n) is 2.21. The van der Waals surface area contributed by atoms with Gasteiger partial charge in [0.05, 0.1) is 7.11 Å². The molecule has 0 atom stereocenters. The van der Waals surface area contributed by atoms with E-state index in [-0.39, 0.29) is 18.0 Å². The second kappa shape index (κ2) is 6.09. The molecule has 1 N–H and O–H groups in total. The van der Waals surface area contributed by atoms with Gasteiger partial charge < -0.3 is 10.1 Å². The number of rotatable bonds is 5. The molecular weight excluding hydrogens is 272 g/mol. The number of aromatic nitrogens is 3. The standard InChI is InChI=1S/C14H20N4O3/c1-9(2)13-16-18(8-12(19)21-4)14(20)11-5-10(6-15-3)7-17(11)13/h5,7,9,15H,6,8H2,1-4H3. The van der Waals surface area contributed by atoms with Gasteiger partial charge in [0.25, 0.3) is 5.56 Å². The van der Waals surface area contributed by atoms with Crippen LogP contribution in [0.25, 0.3) is 5.52 Å². The van der Waals surface area contributed by atoms with E-state index in [1.54, 1.807) is 4.40 Å². The summed E-state index contributed by atoms with van der Waals surface area (Å²) in [6, 6.07) is 1.82. The lowest BCUT2D eigenvalue weighted by molar-refractivity contribution is -0.141. The minimum absolute atomic E-state index is 0.117. The van der Waals surface area contributed by atoms with Crippen molar-refractivity contribution >= 4 is 11.5 Å². The second-order valence-corrected chi connectivity index (χ2v) is 5.19. The van der Waals surface area contributed by atoms with Crippen LogP contribution in [0.3, 0.4) is 0 Å². The third-order valence-corrected chi connectivity index (χ3v) is 3.20. The van der Waals surface area contributed by atoms with Gasteiger partial charge in [0.2, 0.25) is 0 Å². The summed E-state index contributed by atoms with van der Waals surface area (Å²) in [5.74, 6) is 0.355. The average Bonchev–Trinajstić information content (AvgIpc) is 2.85. The molecule has 0 saturated carbocycles. The van der Waals surface area contributed by atoms with Gasteiger partial charge in [-0.3, -0.25) is 14.0 Å². The second-order valence-electron chi connectivity index (χ2n) is 5.19. The molecule has 0 fully saturated rings. The zero-order valence-corrected chi connectivity index (χ0v) is 12.7. The Hall–Kier alpha value is -2.15. The minimum Gasteiger partial charge on any atom is -0.468 e. The van der Waals surface area contributed by atoms with Crippen LogP contribution in [0.2, 0.25) is 0 Å². The molecule has 0 unspecified atom stereocenters. The van der Waals surface area contributed by atoms with E-state index < -0.39 is 5.97 Å². The summed E-state index contributed by atoms with van der Waals surface area (Å²) >= 11 is 0. The first kappa shape index (κ1) is 15.2. The molecule has 0 aliphatic carbocycles. The maximum Gasteiger partial charge on any atom is 0.327 e. The maximum atomic E-state index is 12.4. The van der Waals surface area contributed by atoms with Gasteiger partial charge in [0.1, 0.15) is 17.9 Å². The number of nitrogens with one attached hydrogen (secondary N) is 1. The molecule has 0 amide bonds. The van der Waals surface area contributed by atoms with E-state index in [1.165, 1.54) is 11.8 Å². The number of fused-ring (bicyclic) bond motifs is 1. The highest BCUT2D eigenvalue weighted by Crippen LogP contribution is 2.15. The van der Waals surface area contributed by atoms with E-state index in [4.69, 9.17) is 0 Å². The molecule has 2 rings (SSSR count). The molecule has 0 aliphatic heterocycles. The molecule has 2 aromatic heterocycles. The highest BCUT2D eigenvalue weighted by Gasteiger charge is 2.16. The highest BCUT2D eigenvalue weighted by atomic mass is 16.5. The summed E-state index contributed by atoms with van der Waals surface area (Å²) in [6.45, 7) is 4.46. The predicted molar refractivity (Wildman–Crippen MR) is 78.3 cm³/mol. The van der Waals surface area contributed by atoms with Crippen molar-refractivity contribution in [3.05, 3.63) is 34.0 Å². The Morgan fingerprint density at radius 3 is 2.76 bits per heavy atom. The van der Waals surface area contributed by atoms with E-state index in [1.807, 2.05) is 33.2 Å². The molecule has 114 valence electrons. The van der Waals surface area contributed by atoms with Crippen molar-refractivity contribution in [2.24, 2.45) is 0 Å². The lowest BCUT2D eigenvalue weighted by atomic mass is 10.2.